The number of anilines is 2. The second-order valence-electron chi connectivity index (χ2n) is 3.41. The van der Waals surface area contributed by atoms with E-state index in [-0.39, 0.29) is 5.28 Å². The first-order valence-electron chi connectivity index (χ1n) is 5.20. The molecule has 0 saturated carbocycles. The molecule has 1 aromatic heterocycles. The minimum Gasteiger partial charge on any atom is -0.493 e. The number of benzene rings is 1. The van der Waals surface area contributed by atoms with E-state index in [4.69, 9.17) is 21.1 Å². The zero-order valence-corrected chi connectivity index (χ0v) is 10.7. The molecule has 18 heavy (non-hydrogen) atoms. The van der Waals surface area contributed by atoms with Crippen molar-refractivity contribution in [3.05, 3.63) is 35.7 Å². The van der Waals surface area contributed by atoms with Crippen molar-refractivity contribution < 1.29 is 9.47 Å². The van der Waals surface area contributed by atoms with Crippen molar-refractivity contribution in [3.63, 3.8) is 0 Å². The van der Waals surface area contributed by atoms with Crippen molar-refractivity contribution in [2.24, 2.45) is 0 Å². The van der Waals surface area contributed by atoms with Crippen LogP contribution in [0, 0.1) is 0 Å². The van der Waals surface area contributed by atoms with Crippen molar-refractivity contribution >= 4 is 23.1 Å². The lowest BCUT2D eigenvalue weighted by Gasteiger charge is -2.10. The molecule has 0 radical (unpaired) electrons. The van der Waals surface area contributed by atoms with Crippen LogP contribution in [0.25, 0.3) is 0 Å². The molecule has 0 bridgehead atoms. The van der Waals surface area contributed by atoms with Crippen LogP contribution in [-0.2, 0) is 0 Å². The Morgan fingerprint density at radius 3 is 2.56 bits per heavy atom. The molecule has 0 fully saturated rings. The molecule has 0 amide bonds. The van der Waals surface area contributed by atoms with Gasteiger partial charge in [0.25, 0.3) is 0 Å². The Kier molecular flexibility index (Phi) is 3.84. The second-order valence-corrected chi connectivity index (χ2v) is 3.74. The molecular formula is C12H12ClN3O2. The van der Waals surface area contributed by atoms with Crippen molar-refractivity contribution in [2.75, 3.05) is 19.5 Å². The minimum atomic E-state index is 0.195. The van der Waals surface area contributed by atoms with Gasteiger partial charge in [0.15, 0.2) is 11.5 Å². The van der Waals surface area contributed by atoms with Crippen LogP contribution < -0.4 is 14.8 Å². The highest BCUT2D eigenvalue weighted by Crippen LogP contribution is 2.30. The molecule has 0 saturated heterocycles. The smallest absolute Gasteiger partial charge is 0.224 e. The third-order valence-electron chi connectivity index (χ3n) is 2.28. The maximum Gasteiger partial charge on any atom is 0.224 e. The summed E-state index contributed by atoms with van der Waals surface area (Å²) in [7, 11) is 3.18. The van der Waals surface area contributed by atoms with Crippen LogP contribution in [0.2, 0.25) is 5.28 Å². The van der Waals surface area contributed by atoms with Crippen molar-refractivity contribution in [1.29, 1.82) is 0 Å². The molecule has 0 unspecified atom stereocenters. The molecule has 1 N–H and O–H groups in total. The van der Waals surface area contributed by atoms with Gasteiger partial charge in [-0.1, -0.05) is 0 Å². The fourth-order valence-electron chi connectivity index (χ4n) is 1.47. The Hall–Kier alpha value is -2.01. The molecule has 0 aliphatic carbocycles. The third-order valence-corrected chi connectivity index (χ3v) is 2.46. The molecule has 0 aliphatic rings. The Bertz CT molecular complexity index is 549. The van der Waals surface area contributed by atoms with Crippen LogP contribution in [0.15, 0.2) is 30.5 Å². The predicted octanol–water partition coefficient (Wildman–Crippen LogP) is 2.89. The van der Waals surface area contributed by atoms with E-state index in [1.807, 2.05) is 18.2 Å². The lowest BCUT2D eigenvalue weighted by molar-refractivity contribution is 0.355. The summed E-state index contributed by atoms with van der Waals surface area (Å²) in [6, 6.07) is 7.21. The highest BCUT2D eigenvalue weighted by Gasteiger charge is 2.05. The van der Waals surface area contributed by atoms with Crippen molar-refractivity contribution in [3.8, 4) is 11.5 Å². The number of hydrogen-bond acceptors (Lipinski definition) is 5. The van der Waals surface area contributed by atoms with Crippen LogP contribution in [0.1, 0.15) is 0 Å². The SMILES string of the molecule is COc1ccc(Nc2ccnc(Cl)n2)cc1OC. The molecule has 0 spiro atoms. The standard InChI is InChI=1S/C12H12ClN3O2/c1-17-9-4-3-8(7-10(9)18-2)15-11-5-6-14-12(13)16-11/h3-7H,1-2H3,(H,14,15,16). The highest BCUT2D eigenvalue weighted by atomic mass is 35.5. The van der Waals surface area contributed by atoms with Crippen molar-refractivity contribution in [1.82, 2.24) is 9.97 Å². The van der Waals surface area contributed by atoms with E-state index in [2.05, 4.69) is 15.3 Å². The first-order valence-corrected chi connectivity index (χ1v) is 5.58. The van der Waals surface area contributed by atoms with Gasteiger partial charge in [-0.15, -0.1) is 0 Å². The number of nitrogens with one attached hydrogen (secondary N) is 1. The van der Waals surface area contributed by atoms with Gasteiger partial charge < -0.3 is 14.8 Å². The Morgan fingerprint density at radius 1 is 1.11 bits per heavy atom. The van der Waals surface area contributed by atoms with Crippen LogP contribution in [0.3, 0.4) is 0 Å². The van der Waals surface area contributed by atoms with E-state index in [9.17, 15) is 0 Å². The van der Waals surface area contributed by atoms with Gasteiger partial charge in [-0.3, -0.25) is 0 Å². The van der Waals surface area contributed by atoms with Gasteiger partial charge in [0.05, 0.1) is 14.2 Å². The molecule has 6 heteroatoms. The van der Waals surface area contributed by atoms with E-state index in [1.165, 1.54) is 0 Å². The molecule has 0 aliphatic heterocycles. The Labute approximate surface area is 110 Å². The molecule has 1 heterocycles. The number of aromatic nitrogens is 2. The average molecular weight is 266 g/mol. The quantitative estimate of drug-likeness (QED) is 0.862. The highest BCUT2D eigenvalue weighted by molar-refractivity contribution is 6.28. The average Bonchev–Trinajstić information content (AvgIpc) is 2.38. The predicted molar refractivity (Wildman–Crippen MR) is 69.9 cm³/mol. The molecule has 1 aromatic carbocycles. The Balaban J connectivity index is 2.24. The van der Waals surface area contributed by atoms with Gasteiger partial charge in [0, 0.05) is 18.0 Å². The number of ether oxygens (including phenoxy) is 2. The van der Waals surface area contributed by atoms with Gasteiger partial charge in [-0.25, -0.2) is 9.97 Å². The first kappa shape index (κ1) is 12.4. The fourth-order valence-corrected chi connectivity index (χ4v) is 1.61. The monoisotopic (exact) mass is 265 g/mol. The number of halogens is 1. The summed E-state index contributed by atoms with van der Waals surface area (Å²) in [4.78, 5) is 7.85. The largest absolute Gasteiger partial charge is 0.493 e. The lowest BCUT2D eigenvalue weighted by atomic mass is 10.2. The van der Waals surface area contributed by atoms with Gasteiger partial charge in [-0.05, 0) is 29.8 Å². The number of rotatable bonds is 4. The number of methoxy groups -OCH3 is 2. The molecule has 2 rings (SSSR count). The van der Waals surface area contributed by atoms with Crippen LogP contribution in [0.4, 0.5) is 11.5 Å². The number of hydrogen-bond donors (Lipinski definition) is 1. The van der Waals surface area contributed by atoms with E-state index in [0.717, 1.165) is 5.69 Å². The van der Waals surface area contributed by atoms with Crippen molar-refractivity contribution in [2.45, 2.75) is 0 Å². The zero-order chi connectivity index (χ0) is 13.0. The van der Waals surface area contributed by atoms with Crippen LogP contribution >= 0.6 is 11.6 Å². The molecule has 2 aromatic rings. The molecule has 5 nitrogen and oxygen atoms in total. The van der Waals surface area contributed by atoms with Gasteiger partial charge in [0.1, 0.15) is 5.82 Å². The molecule has 0 atom stereocenters. The normalized spacial score (nSPS) is 9.94. The topological polar surface area (TPSA) is 56.3 Å². The zero-order valence-electron chi connectivity index (χ0n) is 9.98. The summed E-state index contributed by atoms with van der Waals surface area (Å²) < 4.78 is 10.4. The van der Waals surface area contributed by atoms with Crippen LogP contribution in [-0.4, -0.2) is 24.2 Å². The maximum atomic E-state index is 5.71. The second kappa shape index (κ2) is 5.55. The minimum absolute atomic E-state index is 0.195. The Morgan fingerprint density at radius 2 is 1.89 bits per heavy atom. The maximum absolute atomic E-state index is 5.71. The van der Waals surface area contributed by atoms with E-state index < -0.39 is 0 Å². The lowest BCUT2D eigenvalue weighted by Crippen LogP contribution is -1.96. The van der Waals surface area contributed by atoms with E-state index >= 15 is 0 Å². The summed E-state index contributed by atoms with van der Waals surface area (Å²) in [5, 5.41) is 3.29. The molecular weight excluding hydrogens is 254 g/mol. The van der Waals surface area contributed by atoms with Gasteiger partial charge in [-0.2, -0.15) is 0 Å². The summed E-state index contributed by atoms with van der Waals surface area (Å²) in [6.45, 7) is 0. The summed E-state index contributed by atoms with van der Waals surface area (Å²) in [6.07, 6.45) is 1.58. The third kappa shape index (κ3) is 2.81. The molecule has 94 valence electrons. The van der Waals surface area contributed by atoms with Crippen LogP contribution in [0.5, 0.6) is 11.5 Å². The van der Waals surface area contributed by atoms with Gasteiger partial charge >= 0.3 is 0 Å². The fraction of sp³-hybridized carbons (Fsp3) is 0.167. The summed E-state index contributed by atoms with van der Waals surface area (Å²) in [5.74, 6) is 1.92. The van der Waals surface area contributed by atoms with Gasteiger partial charge in [0.2, 0.25) is 5.28 Å². The van der Waals surface area contributed by atoms with E-state index in [0.29, 0.717) is 17.3 Å². The summed E-state index contributed by atoms with van der Waals surface area (Å²) >= 11 is 5.71. The first-order chi connectivity index (χ1) is 8.72. The number of nitrogens with zero attached hydrogens (tertiary/aromatic N) is 2. The summed E-state index contributed by atoms with van der Waals surface area (Å²) in [5.41, 5.74) is 0.822. The van der Waals surface area contributed by atoms with E-state index in [1.54, 1.807) is 26.5 Å².